The van der Waals surface area contributed by atoms with Crippen LogP contribution in [0.1, 0.15) is 55.3 Å². The maximum absolute atomic E-state index is 13.5. The van der Waals surface area contributed by atoms with E-state index in [1.165, 1.54) is 6.20 Å². The van der Waals surface area contributed by atoms with Crippen molar-refractivity contribution in [3.63, 3.8) is 0 Å². The second-order valence-corrected chi connectivity index (χ2v) is 8.59. The zero-order valence-corrected chi connectivity index (χ0v) is 19.4. The Labute approximate surface area is 200 Å². The number of esters is 1. The van der Waals surface area contributed by atoms with E-state index in [9.17, 15) is 22.8 Å². The van der Waals surface area contributed by atoms with E-state index in [2.05, 4.69) is 15.3 Å². The number of ether oxygens (including phenoxy) is 1. The van der Waals surface area contributed by atoms with Gasteiger partial charge in [0.05, 0.1) is 24.4 Å². The van der Waals surface area contributed by atoms with Crippen molar-refractivity contribution in [1.29, 1.82) is 0 Å². The molecule has 0 saturated carbocycles. The fourth-order valence-electron chi connectivity index (χ4n) is 4.31. The molecule has 1 amide bonds. The lowest BCUT2D eigenvalue weighted by molar-refractivity contribution is -0.148. The highest BCUT2D eigenvalue weighted by atomic mass is 19.4. The van der Waals surface area contributed by atoms with Crippen molar-refractivity contribution < 1.29 is 31.9 Å². The lowest BCUT2D eigenvalue weighted by Gasteiger charge is -2.31. The van der Waals surface area contributed by atoms with Crippen molar-refractivity contribution in [3.8, 4) is 0 Å². The van der Waals surface area contributed by atoms with Crippen molar-refractivity contribution >= 4 is 29.4 Å². The number of anilines is 3. The first-order valence-electron chi connectivity index (χ1n) is 11.8. The Balaban J connectivity index is 1.41. The molecule has 2 aromatic rings. The van der Waals surface area contributed by atoms with Crippen molar-refractivity contribution in [1.82, 2.24) is 9.97 Å². The normalized spacial score (nSPS) is 17.4. The minimum absolute atomic E-state index is 0.135. The van der Waals surface area contributed by atoms with Crippen LogP contribution in [0.15, 0.2) is 22.7 Å². The van der Waals surface area contributed by atoms with Crippen LogP contribution in [-0.2, 0) is 15.7 Å². The molecule has 2 aliphatic rings. The summed E-state index contributed by atoms with van der Waals surface area (Å²) in [5.74, 6) is -1.59. The zero-order valence-electron chi connectivity index (χ0n) is 19.4. The molecule has 0 unspecified atom stereocenters. The number of rotatable bonds is 6. The van der Waals surface area contributed by atoms with Gasteiger partial charge in [0.25, 0.3) is 11.9 Å². The number of aromatic nitrogens is 2. The molecule has 0 bridgehead atoms. The molecule has 0 aliphatic carbocycles. The molecule has 0 radical (unpaired) electrons. The van der Waals surface area contributed by atoms with Crippen LogP contribution in [-0.4, -0.2) is 54.6 Å². The molecule has 4 rings (SSSR count). The average Bonchev–Trinajstić information content (AvgIpc) is 3.32. The van der Waals surface area contributed by atoms with Gasteiger partial charge in [0, 0.05) is 26.2 Å². The van der Waals surface area contributed by atoms with Gasteiger partial charge in [-0.05, 0) is 51.2 Å². The number of piperidine rings is 2. The topological polar surface area (TPSA) is 101 Å². The van der Waals surface area contributed by atoms with Crippen LogP contribution >= 0.6 is 0 Å². The summed E-state index contributed by atoms with van der Waals surface area (Å²) in [4.78, 5) is 36.1. The van der Waals surface area contributed by atoms with Gasteiger partial charge in [0.2, 0.25) is 5.76 Å². The first kappa shape index (κ1) is 24.8. The monoisotopic (exact) mass is 495 g/mol. The zero-order chi connectivity index (χ0) is 25.0. The smallest absolute Gasteiger partial charge is 0.437 e. The molecular weight excluding hydrogens is 467 g/mol. The minimum Gasteiger partial charge on any atom is -0.466 e. The van der Waals surface area contributed by atoms with Gasteiger partial charge in [-0.1, -0.05) is 0 Å². The lowest BCUT2D eigenvalue weighted by Crippen LogP contribution is -2.37. The first-order valence-corrected chi connectivity index (χ1v) is 11.8. The number of pyridine rings is 1. The molecule has 0 atom stereocenters. The van der Waals surface area contributed by atoms with Crippen molar-refractivity contribution in [3.05, 3.63) is 29.8 Å². The van der Waals surface area contributed by atoms with Crippen LogP contribution in [0.4, 0.5) is 30.7 Å². The van der Waals surface area contributed by atoms with E-state index < -0.39 is 23.5 Å². The molecule has 12 heteroatoms. The lowest BCUT2D eigenvalue weighted by atomic mass is 9.97. The molecule has 2 saturated heterocycles. The molecule has 1 N–H and O–H groups in total. The maximum Gasteiger partial charge on any atom is 0.437 e. The molecule has 2 aliphatic heterocycles. The quantitative estimate of drug-likeness (QED) is 0.598. The van der Waals surface area contributed by atoms with E-state index in [-0.39, 0.29) is 23.6 Å². The van der Waals surface area contributed by atoms with Crippen LogP contribution in [0, 0.1) is 5.92 Å². The Hall–Kier alpha value is -3.31. The Bertz CT molecular complexity index is 1030. The van der Waals surface area contributed by atoms with Gasteiger partial charge in [-0.25, -0.2) is 4.98 Å². The van der Waals surface area contributed by atoms with E-state index in [1.54, 1.807) is 24.0 Å². The Morgan fingerprint density at radius 1 is 1.11 bits per heavy atom. The number of alkyl halides is 3. The fourth-order valence-corrected chi connectivity index (χ4v) is 4.31. The number of carbonyl (C=O) groups excluding carboxylic acids is 2. The van der Waals surface area contributed by atoms with Crippen molar-refractivity contribution in [2.75, 3.05) is 47.9 Å². The molecule has 2 aromatic heterocycles. The number of oxazole rings is 1. The van der Waals surface area contributed by atoms with Crippen LogP contribution in [0.2, 0.25) is 0 Å². The third-order valence-electron chi connectivity index (χ3n) is 6.16. The summed E-state index contributed by atoms with van der Waals surface area (Å²) in [5, 5.41) is 2.42. The first-order chi connectivity index (χ1) is 16.8. The Morgan fingerprint density at radius 3 is 2.43 bits per heavy atom. The number of hydrogen-bond acceptors (Lipinski definition) is 8. The highest BCUT2D eigenvalue weighted by Gasteiger charge is 2.42. The van der Waals surface area contributed by atoms with Crippen LogP contribution in [0.3, 0.4) is 0 Å². The molecule has 4 heterocycles. The standard InChI is InChI=1S/C23H28F3N5O4/c1-2-34-21(33)15-8-12-30(13-9-15)17-7-6-16(14-27-17)28-20(32)18-19(23(24,25)26)29-22(35-18)31-10-4-3-5-11-31/h6-7,14-15H,2-5,8-13H2,1H3,(H,28,32). The number of nitrogens with zero attached hydrogens (tertiary/aromatic N) is 4. The summed E-state index contributed by atoms with van der Waals surface area (Å²) >= 11 is 0. The van der Waals surface area contributed by atoms with Gasteiger partial charge in [-0.2, -0.15) is 18.2 Å². The van der Waals surface area contributed by atoms with Gasteiger partial charge in [-0.3, -0.25) is 9.59 Å². The summed E-state index contributed by atoms with van der Waals surface area (Å²) in [5.41, 5.74) is -1.12. The second kappa shape index (κ2) is 10.5. The van der Waals surface area contributed by atoms with E-state index in [1.807, 2.05) is 4.90 Å². The summed E-state index contributed by atoms with van der Waals surface area (Å²) in [6.45, 7) is 4.43. The van der Waals surface area contributed by atoms with Crippen LogP contribution < -0.4 is 15.1 Å². The van der Waals surface area contributed by atoms with Crippen molar-refractivity contribution in [2.24, 2.45) is 5.92 Å². The third-order valence-corrected chi connectivity index (χ3v) is 6.16. The largest absolute Gasteiger partial charge is 0.466 e. The predicted molar refractivity (Wildman–Crippen MR) is 121 cm³/mol. The molecular formula is C23H28F3N5O4. The van der Waals surface area contributed by atoms with Crippen molar-refractivity contribution in [2.45, 2.75) is 45.2 Å². The number of halogens is 3. The number of hydrogen-bond donors (Lipinski definition) is 1. The molecule has 190 valence electrons. The molecule has 2 fully saturated rings. The molecule has 35 heavy (non-hydrogen) atoms. The molecule has 0 spiro atoms. The summed E-state index contributed by atoms with van der Waals surface area (Å²) in [6, 6.07) is 3.04. The number of carbonyl (C=O) groups is 2. The highest BCUT2D eigenvalue weighted by Crippen LogP contribution is 2.35. The number of amides is 1. The maximum atomic E-state index is 13.5. The van der Waals surface area contributed by atoms with Gasteiger partial charge in [0.15, 0.2) is 5.69 Å². The third kappa shape index (κ3) is 5.85. The summed E-state index contributed by atoms with van der Waals surface area (Å²) in [7, 11) is 0. The Kier molecular flexibility index (Phi) is 7.46. The average molecular weight is 496 g/mol. The van der Waals surface area contributed by atoms with Gasteiger partial charge < -0.3 is 24.3 Å². The van der Waals surface area contributed by atoms with Gasteiger partial charge in [0.1, 0.15) is 5.82 Å². The van der Waals surface area contributed by atoms with E-state index in [4.69, 9.17) is 9.15 Å². The van der Waals surface area contributed by atoms with E-state index in [0.29, 0.717) is 51.4 Å². The van der Waals surface area contributed by atoms with E-state index in [0.717, 1.165) is 19.3 Å². The second-order valence-electron chi connectivity index (χ2n) is 8.59. The number of nitrogens with one attached hydrogen (secondary N) is 1. The van der Waals surface area contributed by atoms with Gasteiger partial charge in [-0.15, -0.1) is 0 Å². The summed E-state index contributed by atoms with van der Waals surface area (Å²) in [6.07, 6.45) is 0.465. The minimum atomic E-state index is -4.83. The van der Waals surface area contributed by atoms with Gasteiger partial charge >= 0.3 is 12.1 Å². The molecule has 9 nitrogen and oxygen atoms in total. The highest BCUT2D eigenvalue weighted by molar-refractivity contribution is 6.03. The van der Waals surface area contributed by atoms with E-state index >= 15 is 0 Å². The summed E-state index contributed by atoms with van der Waals surface area (Å²) < 4.78 is 51.0. The predicted octanol–water partition coefficient (Wildman–Crippen LogP) is 4.11. The van der Waals surface area contributed by atoms with Crippen LogP contribution in [0.25, 0.3) is 0 Å². The fraction of sp³-hybridized carbons (Fsp3) is 0.565. The molecule has 0 aromatic carbocycles. The SMILES string of the molecule is CCOC(=O)C1CCN(c2ccc(NC(=O)c3oc(N4CCCCC4)nc3C(F)(F)F)cn2)CC1. The Morgan fingerprint density at radius 2 is 1.83 bits per heavy atom. The van der Waals surface area contributed by atoms with Crippen LogP contribution in [0.5, 0.6) is 0 Å².